The minimum absolute atomic E-state index is 0.358. The van der Waals surface area contributed by atoms with E-state index in [2.05, 4.69) is 0 Å². The summed E-state index contributed by atoms with van der Waals surface area (Å²) in [5, 5.41) is 0. The minimum atomic E-state index is -0.508. The van der Waals surface area contributed by atoms with Gasteiger partial charge < -0.3 is 18.9 Å². The van der Waals surface area contributed by atoms with Gasteiger partial charge in [-0.15, -0.1) is 0 Å². The molecule has 0 unspecified atom stereocenters. The molecule has 1 aliphatic heterocycles. The zero-order valence-electron chi connectivity index (χ0n) is 15.4. The summed E-state index contributed by atoms with van der Waals surface area (Å²) in [4.78, 5) is 13.6. The van der Waals surface area contributed by atoms with Crippen LogP contribution in [0.3, 0.4) is 0 Å². The van der Waals surface area contributed by atoms with Crippen molar-refractivity contribution in [3.8, 4) is 0 Å². The molecule has 0 aromatic heterocycles. The van der Waals surface area contributed by atoms with Crippen molar-refractivity contribution in [3.05, 3.63) is 11.5 Å². The first-order valence-electron chi connectivity index (χ1n) is 7.74. The topological polar surface area (TPSA) is 48.0 Å². The monoisotopic (exact) mass is 311 g/mol. The van der Waals surface area contributed by atoms with Crippen LogP contribution in [0.4, 0.5) is 4.79 Å². The summed E-state index contributed by atoms with van der Waals surface area (Å²) in [5.74, 6) is 0. The van der Waals surface area contributed by atoms with Gasteiger partial charge in [-0.05, 0) is 60.9 Å². The third-order valence-corrected chi connectivity index (χ3v) is 4.05. The summed E-state index contributed by atoms with van der Waals surface area (Å²) in [7, 11) is 1.27. The first-order valence-corrected chi connectivity index (χ1v) is 7.74. The third-order valence-electron chi connectivity index (χ3n) is 4.05. The Morgan fingerprint density at radius 1 is 1.18 bits per heavy atom. The summed E-state index contributed by atoms with van der Waals surface area (Å²) in [6, 6.07) is 0. The van der Waals surface area contributed by atoms with Crippen molar-refractivity contribution in [2.24, 2.45) is 0 Å². The van der Waals surface area contributed by atoms with Gasteiger partial charge >= 0.3 is 13.2 Å². The molecule has 0 spiro atoms. The Morgan fingerprint density at radius 2 is 1.64 bits per heavy atom. The van der Waals surface area contributed by atoms with Crippen molar-refractivity contribution < 1.29 is 18.8 Å². The van der Waals surface area contributed by atoms with Gasteiger partial charge in [-0.1, -0.05) is 6.08 Å². The highest BCUT2D eigenvalue weighted by Crippen LogP contribution is 2.38. The van der Waals surface area contributed by atoms with E-state index in [9.17, 15) is 4.79 Å². The van der Waals surface area contributed by atoms with E-state index in [1.165, 1.54) is 4.90 Å². The molecular weight excluding hydrogens is 281 g/mol. The van der Waals surface area contributed by atoms with E-state index in [1.807, 2.05) is 61.5 Å². The third kappa shape index (κ3) is 4.49. The van der Waals surface area contributed by atoms with Crippen molar-refractivity contribution in [1.82, 2.24) is 4.90 Å². The zero-order chi connectivity index (χ0) is 17.3. The number of ether oxygens (including phenoxy) is 1. The van der Waals surface area contributed by atoms with Gasteiger partial charge in [0.15, 0.2) is 0 Å². The molecule has 1 saturated heterocycles. The first kappa shape index (κ1) is 19.0. The highest BCUT2D eigenvalue weighted by atomic mass is 16.7. The number of carbonyl (C=O) groups is 1. The number of amides is 1. The Kier molecular flexibility index (Phi) is 5.40. The largest absolute Gasteiger partial charge is 0.492 e. The van der Waals surface area contributed by atoms with Gasteiger partial charge in [-0.25, -0.2) is 4.79 Å². The lowest BCUT2D eigenvalue weighted by molar-refractivity contribution is 0.00578. The smallest absolute Gasteiger partial charge is 0.444 e. The van der Waals surface area contributed by atoms with Crippen LogP contribution in [0.5, 0.6) is 0 Å². The van der Waals surface area contributed by atoms with Gasteiger partial charge in [0, 0.05) is 13.6 Å². The number of allylic oxidation sites excluding steroid dienone is 1. The molecule has 0 radical (unpaired) electrons. The molecule has 0 saturated carbocycles. The average molecular weight is 311 g/mol. The molecule has 126 valence electrons. The van der Waals surface area contributed by atoms with Crippen LogP contribution < -0.4 is 0 Å². The summed E-state index contributed by atoms with van der Waals surface area (Å²) >= 11 is 0. The Morgan fingerprint density at radius 3 is 2.00 bits per heavy atom. The van der Waals surface area contributed by atoms with Crippen LogP contribution in [-0.4, -0.2) is 48.5 Å². The van der Waals surface area contributed by atoms with Gasteiger partial charge in [-0.2, -0.15) is 0 Å². The van der Waals surface area contributed by atoms with Gasteiger partial charge in [0.25, 0.3) is 0 Å². The van der Waals surface area contributed by atoms with E-state index in [0.29, 0.717) is 6.54 Å². The fourth-order valence-electron chi connectivity index (χ4n) is 1.97. The maximum Gasteiger partial charge on any atom is 0.492 e. The Balaban J connectivity index is 2.74. The second kappa shape index (κ2) is 6.24. The standard InChI is InChI=1S/C16H30BNO4/c1-10-12(11-18(9)13(19)20-14(2,3)4)17-21-15(5,6)16(7,8)22-17/h10H,11H2,1-9H3/b12-10+. The second-order valence-electron chi connectivity index (χ2n) is 7.79. The van der Waals surface area contributed by atoms with E-state index in [4.69, 9.17) is 14.0 Å². The van der Waals surface area contributed by atoms with Crippen molar-refractivity contribution in [2.45, 2.75) is 72.2 Å². The Hall–Kier alpha value is -1.01. The number of nitrogens with zero attached hydrogens (tertiary/aromatic N) is 1. The van der Waals surface area contributed by atoms with Gasteiger partial charge in [0.1, 0.15) is 5.60 Å². The average Bonchev–Trinajstić information content (AvgIpc) is 2.52. The molecule has 0 N–H and O–H groups in total. The molecule has 1 rings (SSSR count). The van der Waals surface area contributed by atoms with Gasteiger partial charge in [-0.3, -0.25) is 0 Å². The molecule has 1 heterocycles. The highest BCUT2D eigenvalue weighted by Gasteiger charge is 2.52. The SMILES string of the molecule is C/C=C(\CN(C)C(=O)OC(C)(C)C)B1OC(C)(C)C(C)(C)O1. The number of likely N-dealkylation sites (N-methyl/N-ethyl adjacent to an activating group) is 1. The van der Waals surface area contributed by atoms with E-state index in [0.717, 1.165) is 5.47 Å². The molecule has 0 aromatic rings. The lowest BCUT2D eigenvalue weighted by atomic mass is 9.77. The van der Waals surface area contributed by atoms with Crippen LogP contribution in [0.1, 0.15) is 55.4 Å². The quantitative estimate of drug-likeness (QED) is 0.749. The molecule has 1 amide bonds. The molecule has 0 aliphatic carbocycles. The minimum Gasteiger partial charge on any atom is -0.444 e. The second-order valence-corrected chi connectivity index (χ2v) is 7.79. The van der Waals surface area contributed by atoms with Crippen molar-refractivity contribution >= 4 is 13.2 Å². The predicted molar refractivity (Wildman–Crippen MR) is 88.7 cm³/mol. The zero-order valence-corrected chi connectivity index (χ0v) is 15.4. The van der Waals surface area contributed by atoms with Gasteiger partial charge in [0.05, 0.1) is 11.2 Å². The van der Waals surface area contributed by atoms with E-state index < -0.39 is 23.9 Å². The maximum absolute atomic E-state index is 12.1. The molecule has 1 aliphatic rings. The lowest BCUT2D eigenvalue weighted by Crippen LogP contribution is -2.41. The summed E-state index contributed by atoms with van der Waals surface area (Å²) in [5.41, 5.74) is -0.384. The highest BCUT2D eigenvalue weighted by molar-refractivity contribution is 6.54. The predicted octanol–water partition coefficient (Wildman–Crippen LogP) is 3.43. The fourth-order valence-corrected chi connectivity index (χ4v) is 1.97. The molecule has 5 nitrogen and oxygen atoms in total. The van der Waals surface area contributed by atoms with Crippen molar-refractivity contribution in [1.29, 1.82) is 0 Å². The summed E-state index contributed by atoms with van der Waals surface area (Å²) < 4.78 is 17.4. The first-order chi connectivity index (χ1) is 9.79. The van der Waals surface area contributed by atoms with Crippen LogP contribution in [0, 0.1) is 0 Å². The maximum atomic E-state index is 12.1. The molecular formula is C16H30BNO4. The molecule has 0 aromatic carbocycles. The molecule has 0 atom stereocenters. The normalized spacial score (nSPS) is 21.0. The molecule has 0 bridgehead atoms. The van der Waals surface area contributed by atoms with Crippen molar-refractivity contribution in [2.75, 3.05) is 13.6 Å². The number of hydrogen-bond donors (Lipinski definition) is 0. The van der Waals surface area contributed by atoms with Gasteiger partial charge in [0.2, 0.25) is 0 Å². The van der Waals surface area contributed by atoms with E-state index in [-0.39, 0.29) is 6.09 Å². The fraction of sp³-hybridized carbons (Fsp3) is 0.812. The van der Waals surface area contributed by atoms with Crippen LogP contribution in [0.15, 0.2) is 11.5 Å². The molecule has 6 heteroatoms. The number of rotatable bonds is 3. The van der Waals surface area contributed by atoms with Crippen LogP contribution >= 0.6 is 0 Å². The summed E-state index contributed by atoms with van der Waals surface area (Å²) in [6.07, 6.45) is 1.58. The van der Waals surface area contributed by atoms with E-state index >= 15 is 0 Å². The molecule has 1 fully saturated rings. The Labute approximate surface area is 135 Å². The molecule has 22 heavy (non-hydrogen) atoms. The van der Waals surface area contributed by atoms with Crippen LogP contribution in [0.2, 0.25) is 0 Å². The van der Waals surface area contributed by atoms with E-state index in [1.54, 1.807) is 7.05 Å². The lowest BCUT2D eigenvalue weighted by Gasteiger charge is -2.32. The number of hydrogen-bond acceptors (Lipinski definition) is 4. The van der Waals surface area contributed by atoms with Crippen molar-refractivity contribution in [3.63, 3.8) is 0 Å². The van der Waals surface area contributed by atoms with Crippen LogP contribution in [-0.2, 0) is 14.0 Å². The summed E-state index contributed by atoms with van der Waals surface area (Å²) in [6.45, 7) is 15.9. The Bertz CT molecular complexity index is 436. The number of carbonyl (C=O) groups excluding carboxylic acids is 1. The van der Waals surface area contributed by atoms with Crippen LogP contribution in [0.25, 0.3) is 0 Å².